The van der Waals surface area contributed by atoms with Gasteiger partial charge in [0.25, 0.3) is 0 Å². The Balaban J connectivity index is 2.35. The van der Waals surface area contributed by atoms with E-state index in [1.165, 1.54) is 18.2 Å². The molecule has 2 rings (SSSR count). The van der Waals surface area contributed by atoms with Crippen LogP contribution >= 0.6 is 0 Å². The Bertz CT molecular complexity index is 851. The number of rotatable bonds is 7. The zero-order chi connectivity index (χ0) is 22.4. The fourth-order valence-electron chi connectivity index (χ4n) is 3.42. The summed E-state index contributed by atoms with van der Waals surface area (Å²) in [6.07, 6.45) is 0.530. The van der Waals surface area contributed by atoms with Gasteiger partial charge in [-0.15, -0.1) is 0 Å². The van der Waals surface area contributed by atoms with Crippen LogP contribution in [0.3, 0.4) is 0 Å². The highest BCUT2D eigenvalue weighted by atomic mass is 16.5. The van der Waals surface area contributed by atoms with Gasteiger partial charge in [-0.2, -0.15) is 0 Å². The average Bonchev–Trinajstić information content (AvgIpc) is 2.69. The van der Waals surface area contributed by atoms with Gasteiger partial charge >= 0.3 is 11.9 Å². The number of anilines is 1. The van der Waals surface area contributed by atoms with E-state index in [0.29, 0.717) is 6.42 Å². The molecule has 0 spiro atoms. The summed E-state index contributed by atoms with van der Waals surface area (Å²) in [6.45, 7) is 7.29. The van der Waals surface area contributed by atoms with E-state index in [0.717, 1.165) is 11.1 Å². The van der Waals surface area contributed by atoms with E-state index < -0.39 is 35.7 Å². The topological polar surface area (TPSA) is 122 Å². The van der Waals surface area contributed by atoms with Crippen LogP contribution in [0.25, 0.3) is 0 Å². The minimum absolute atomic E-state index is 0.0738. The van der Waals surface area contributed by atoms with E-state index in [1.54, 1.807) is 13.8 Å². The van der Waals surface area contributed by atoms with Gasteiger partial charge < -0.3 is 24.7 Å². The summed E-state index contributed by atoms with van der Waals surface area (Å²) in [7, 11) is 0. The van der Waals surface area contributed by atoms with Gasteiger partial charge in [-0.25, -0.2) is 9.59 Å². The predicted octanol–water partition coefficient (Wildman–Crippen LogP) is 2.09. The zero-order valence-corrected chi connectivity index (χ0v) is 17.6. The van der Waals surface area contributed by atoms with Gasteiger partial charge in [0.2, 0.25) is 5.91 Å². The summed E-state index contributed by atoms with van der Waals surface area (Å²) in [6, 6.07) is 4.08. The van der Waals surface area contributed by atoms with Crippen LogP contribution in [0, 0.1) is 11.8 Å². The Hall–Kier alpha value is -3.16. The molecule has 2 unspecified atom stereocenters. The average molecular weight is 416 g/mol. The summed E-state index contributed by atoms with van der Waals surface area (Å²) in [5, 5.41) is 14.2. The molecule has 0 saturated carbocycles. The predicted molar refractivity (Wildman–Crippen MR) is 107 cm³/mol. The van der Waals surface area contributed by atoms with Gasteiger partial charge in [0, 0.05) is 17.6 Å². The van der Waals surface area contributed by atoms with E-state index in [-0.39, 0.29) is 36.4 Å². The standard InChI is InChI=1S/C22H27NO7/c1-5-29-21(27)14-9-15(22(28)30-6-2)11-16(10-14)23-19(24)17-7-12(3)13(4)8-18(17)20(25)26/h9-11,17-18H,5-8H2,1-4H3,(H,23,24)(H,25,26)/p-1. The van der Waals surface area contributed by atoms with E-state index in [9.17, 15) is 24.3 Å². The normalized spacial score (nSPS) is 18.5. The summed E-state index contributed by atoms with van der Waals surface area (Å²) < 4.78 is 9.95. The summed E-state index contributed by atoms with van der Waals surface area (Å²) in [4.78, 5) is 48.8. The van der Waals surface area contributed by atoms with Crippen molar-refractivity contribution >= 4 is 29.5 Å². The molecule has 2 atom stereocenters. The number of ether oxygens (including phenoxy) is 2. The van der Waals surface area contributed by atoms with Crippen molar-refractivity contribution in [3.8, 4) is 0 Å². The second-order valence-electron chi connectivity index (χ2n) is 7.23. The molecule has 1 aliphatic carbocycles. The van der Waals surface area contributed by atoms with Crippen LogP contribution in [-0.4, -0.2) is 37.0 Å². The minimum Gasteiger partial charge on any atom is -0.550 e. The number of allylic oxidation sites excluding steroid dienone is 2. The molecular formula is C22H26NO7-. The van der Waals surface area contributed by atoms with Crippen molar-refractivity contribution in [3.63, 3.8) is 0 Å². The van der Waals surface area contributed by atoms with Crippen molar-refractivity contribution in [2.45, 2.75) is 40.5 Å². The second-order valence-corrected chi connectivity index (χ2v) is 7.23. The van der Waals surface area contributed by atoms with Crippen LogP contribution in [0.5, 0.6) is 0 Å². The lowest BCUT2D eigenvalue weighted by atomic mass is 9.76. The maximum Gasteiger partial charge on any atom is 0.338 e. The third-order valence-electron chi connectivity index (χ3n) is 5.13. The van der Waals surface area contributed by atoms with Gasteiger partial charge in [0.15, 0.2) is 0 Å². The summed E-state index contributed by atoms with van der Waals surface area (Å²) >= 11 is 0. The van der Waals surface area contributed by atoms with Crippen molar-refractivity contribution in [1.29, 1.82) is 0 Å². The van der Waals surface area contributed by atoms with Crippen LogP contribution in [0.2, 0.25) is 0 Å². The van der Waals surface area contributed by atoms with Gasteiger partial charge in [-0.05, 0) is 58.7 Å². The molecule has 0 aromatic heterocycles. The maximum atomic E-state index is 12.9. The molecule has 1 aromatic carbocycles. The molecule has 162 valence electrons. The maximum absolute atomic E-state index is 12.9. The highest BCUT2D eigenvalue weighted by Crippen LogP contribution is 2.34. The van der Waals surface area contributed by atoms with Crippen molar-refractivity contribution in [2.75, 3.05) is 18.5 Å². The van der Waals surface area contributed by atoms with Crippen LogP contribution in [0.15, 0.2) is 29.3 Å². The van der Waals surface area contributed by atoms with Crippen LogP contribution in [0.1, 0.15) is 61.3 Å². The van der Waals surface area contributed by atoms with Crippen molar-refractivity contribution in [1.82, 2.24) is 0 Å². The Morgan fingerprint density at radius 2 is 1.37 bits per heavy atom. The number of carboxylic acid groups (broad SMARTS) is 1. The monoisotopic (exact) mass is 416 g/mol. The number of carbonyl (C=O) groups excluding carboxylic acids is 4. The summed E-state index contributed by atoms with van der Waals surface area (Å²) in [5.74, 6) is -4.89. The van der Waals surface area contributed by atoms with Crippen molar-refractivity contribution in [3.05, 3.63) is 40.5 Å². The number of carboxylic acids is 1. The molecule has 0 heterocycles. The van der Waals surface area contributed by atoms with Crippen molar-refractivity contribution < 1.29 is 33.8 Å². The Morgan fingerprint density at radius 1 is 0.900 bits per heavy atom. The number of hydrogen-bond donors (Lipinski definition) is 1. The first kappa shape index (κ1) is 23.1. The van der Waals surface area contributed by atoms with Crippen molar-refractivity contribution in [2.24, 2.45) is 11.8 Å². The molecule has 0 saturated heterocycles. The third kappa shape index (κ3) is 5.46. The largest absolute Gasteiger partial charge is 0.550 e. The summed E-state index contributed by atoms with van der Waals surface area (Å²) in [5.41, 5.74) is 2.21. The SMILES string of the molecule is CCOC(=O)c1cc(NC(=O)C2CC(C)=C(C)CC2C(=O)[O-])cc(C(=O)OCC)c1. The smallest absolute Gasteiger partial charge is 0.338 e. The van der Waals surface area contributed by atoms with E-state index >= 15 is 0 Å². The number of esters is 2. The Kier molecular flexibility index (Phi) is 7.74. The fraction of sp³-hybridized carbons (Fsp3) is 0.455. The highest BCUT2D eigenvalue weighted by Gasteiger charge is 2.33. The highest BCUT2D eigenvalue weighted by molar-refractivity contribution is 6.00. The molecule has 0 aliphatic heterocycles. The lowest BCUT2D eigenvalue weighted by molar-refractivity contribution is -0.313. The number of aliphatic carboxylic acids is 1. The molecular weight excluding hydrogens is 390 g/mol. The lowest BCUT2D eigenvalue weighted by Gasteiger charge is -2.32. The van der Waals surface area contributed by atoms with Crippen LogP contribution < -0.4 is 10.4 Å². The first-order chi connectivity index (χ1) is 14.2. The van der Waals surface area contributed by atoms with Crippen LogP contribution in [0.4, 0.5) is 5.69 Å². The van der Waals surface area contributed by atoms with E-state index in [4.69, 9.17) is 9.47 Å². The molecule has 0 bridgehead atoms. The van der Waals surface area contributed by atoms with Gasteiger partial charge in [-0.3, -0.25) is 4.79 Å². The quantitative estimate of drug-likeness (QED) is 0.533. The van der Waals surface area contributed by atoms with E-state index in [2.05, 4.69) is 5.32 Å². The molecule has 8 nitrogen and oxygen atoms in total. The second kappa shape index (κ2) is 10.0. The molecule has 0 fully saturated rings. The first-order valence-electron chi connectivity index (χ1n) is 9.84. The molecule has 8 heteroatoms. The fourth-order valence-corrected chi connectivity index (χ4v) is 3.42. The zero-order valence-electron chi connectivity index (χ0n) is 17.6. The van der Waals surface area contributed by atoms with E-state index in [1.807, 2.05) is 13.8 Å². The van der Waals surface area contributed by atoms with Crippen LogP contribution in [-0.2, 0) is 19.1 Å². The Labute approximate surface area is 175 Å². The third-order valence-corrected chi connectivity index (χ3v) is 5.13. The van der Waals surface area contributed by atoms with Gasteiger partial charge in [-0.1, -0.05) is 11.1 Å². The number of amides is 1. The van der Waals surface area contributed by atoms with Gasteiger partial charge in [0.1, 0.15) is 0 Å². The number of hydrogen-bond acceptors (Lipinski definition) is 7. The number of carbonyl (C=O) groups is 4. The Morgan fingerprint density at radius 3 is 1.80 bits per heavy atom. The lowest BCUT2D eigenvalue weighted by Crippen LogP contribution is -2.42. The molecule has 1 N–H and O–H groups in total. The molecule has 0 radical (unpaired) electrons. The molecule has 1 aliphatic rings. The molecule has 30 heavy (non-hydrogen) atoms. The minimum atomic E-state index is -1.28. The molecule has 1 aromatic rings. The number of nitrogens with one attached hydrogen (secondary N) is 1. The molecule has 1 amide bonds. The van der Waals surface area contributed by atoms with Gasteiger partial charge in [0.05, 0.1) is 30.3 Å². The number of benzene rings is 1. The first-order valence-corrected chi connectivity index (χ1v) is 9.84.